The Morgan fingerprint density at radius 3 is 2.69 bits per heavy atom. The molecule has 2 rings (SSSR count). The first-order valence-electron chi connectivity index (χ1n) is 11.1. The fourth-order valence-corrected chi connectivity index (χ4v) is 3.83. The Kier molecular flexibility index (Phi) is 10.5. The summed E-state index contributed by atoms with van der Waals surface area (Å²) in [7, 11) is 1.43. The lowest BCUT2D eigenvalue weighted by atomic mass is 10.00. The van der Waals surface area contributed by atoms with Crippen LogP contribution in [0.25, 0.3) is 0 Å². The number of likely N-dealkylation sites (tertiary alicyclic amines) is 1. The highest BCUT2D eigenvalue weighted by Crippen LogP contribution is 2.25. The molecule has 0 radical (unpaired) electrons. The summed E-state index contributed by atoms with van der Waals surface area (Å²) in [5, 5.41) is 3.43. The summed E-state index contributed by atoms with van der Waals surface area (Å²) in [5.74, 6) is -0.310. The van der Waals surface area contributed by atoms with Crippen molar-refractivity contribution in [3.8, 4) is 0 Å². The fraction of sp³-hybridized carbons (Fsp3) is 0.652. The van der Waals surface area contributed by atoms with Crippen LogP contribution in [0.2, 0.25) is 0 Å². The topological polar surface area (TPSA) is 97.3 Å². The summed E-state index contributed by atoms with van der Waals surface area (Å²) in [5.41, 5.74) is 1.36. The summed E-state index contributed by atoms with van der Waals surface area (Å²) in [4.78, 5) is 42.8. The number of piperidine rings is 1. The molecule has 9 heteroatoms. The number of carbonyl (C=O) groups is 3. The summed E-state index contributed by atoms with van der Waals surface area (Å²) >= 11 is 6.12. The quantitative estimate of drug-likeness (QED) is 0.372. The predicted molar refractivity (Wildman–Crippen MR) is 124 cm³/mol. The van der Waals surface area contributed by atoms with Gasteiger partial charge in [-0.2, -0.15) is 0 Å². The second-order valence-corrected chi connectivity index (χ2v) is 8.82. The SMILES string of the molecule is CCC1=C(Cl)N=C(C(=O)N[C@@H]2CCN(C(=O)/C=C/C(=O)COC)C[C@@H]2OCCC(C)C)C1. The van der Waals surface area contributed by atoms with Crippen molar-refractivity contribution in [2.45, 2.75) is 58.6 Å². The van der Waals surface area contributed by atoms with Crippen LogP contribution in [0.4, 0.5) is 0 Å². The molecule has 2 aliphatic rings. The van der Waals surface area contributed by atoms with Crippen molar-refractivity contribution in [2.75, 3.05) is 33.4 Å². The Balaban J connectivity index is 2.01. The normalized spacial score (nSPS) is 21.4. The summed E-state index contributed by atoms with van der Waals surface area (Å²) in [6, 6.07) is -0.245. The van der Waals surface area contributed by atoms with E-state index in [1.165, 1.54) is 19.3 Å². The number of allylic oxidation sites excluding steroid dienone is 1. The maximum Gasteiger partial charge on any atom is 0.266 e. The second kappa shape index (κ2) is 12.9. The van der Waals surface area contributed by atoms with Gasteiger partial charge in [0.25, 0.3) is 5.91 Å². The minimum Gasteiger partial charge on any atom is -0.377 e. The molecule has 0 aromatic carbocycles. The Hall–Kier alpha value is -2.03. The molecule has 0 aromatic heterocycles. The summed E-state index contributed by atoms with van der Waals surface area (Å²) < 4.78 is 10.9. The molecule has 0 bridgehead atoms. The molecule has 178 valence electrons. The van der Waals surface area contributed by atoms with E-state index in [-0.39, 0.29) is 36.4 Å². The van der Waals surface area contributed by atoms with Crippen molar-refractivity contribution in [3.63, 3.8) is 0 Å². The van der Waals surface area contributed by atoms with Crippen LogP contribution in [0, 0.1) is 5.92 Å². The molecule has 8 nitrogen and oxygen atoms in total. The standard InChI is InChI=1S/C23H34ClN3O5/c1-5-16-12-19(25-22(16)24)23(30)26-18-8-10-27(13-20(18)32-11-9-15(2)3)21(29)7-6-17(28)14-31-4/h6-7,15,18,20H,5,8-14H2,1-4H3,(H,26,30)/b7-6+/t18-,20+/m1/s1. The van der Waals surface area contributed by atoms with Gasteiger partial charge in [-0.15, -0.1) is 0 Å². The fourth-order valence-electron chi connectivity index (χ4n) is 3.53. The lowest BCUT2D eigenvalue weighted by molar-refractivity contribution is -0.132. The Morgan fingerprint density at radius 2 is 2.06 bits per heavy atom. The molecule has 1 fully saturated rings. The molecule has 2 aliphatic heterocycles. The van der Waals surface area contributed by atoms with E-state index in [0.29, 0.717) is 49.3 Å². The number of hydrogen-bond acceptors (Lipinski definition) is 6. The van der Waals surface area contributed by atoms with Crippen LogP contribution >= 0.6 is 11.6 Å². The molecule has 0 aliphatic carbocycles. The molecule has 32 heavy (non-hydrogen) atoms. The van der Waals surface area contributed by atoms with E-state index in [4.69, 9.17) is 21.1 Å². The van der Waals surface area contributed by atoms with E-state index in [2.05, 4.69) is 24.2 Å². The van der Waals surface area contributed by atoms with Crippen molar-refractivity contribution >= 4 is 34.9 Å². The highest BCUT2D eigenvalue weighted by Gasteiger charge is 2.34. The van der Waals surface area contributed by atoms with E-state index in [1.807, 2.05) is 6.92 Å². The van der Waals surface area contributed by atoms with Crippen molar-refractivity contribution < 1.29 is 23.9 Å². The molecule has 2 heterocycles. The van der Waals surface area contributed by atoms with Crippen molar-refractivity contribution in [1.29, 1.82) is 0 Å². The highest BCUT2D eigenvalue weighted by molar-refractivity contribution is 6.43. The smallest absolute Gasteiger partial charge is 0.266 e. The number of nitrogens with zero attached hydrogens (tertiary/aromatic N) is 2. The lowest BCUT2D eigenvalue weighted by Crippen LogP contribution is -2.57. The van der Waals surface area contributed by atoms with Crippen molar-refractivity contribution in [1.82, 2.24) is 10.2 Å². The van der Waals surface area contributed by atoms with Crippen LogP contribution in [0.5, 0.6) is 0 Å². The second-order valence-electron chi connectivity index (χ2n) is 8.46. The number of hydrogen-bond donors (Lipinski definition) is 1. The van der Waals surface area contributed by atoms with Crippen LogP contribution in [0.1, 0.15) is 46.5 Å². The van der Waals surface area contributed by atoms with Gasteiger partial charge in [0.2, 0.25) is 5.91 Å². The van der Waals surface area contributed by atoms with Gasteiger partial charge in [-0.05, 0) is 36.8 Å². The van der Waals surface area contributed by atoms with Gasteiger partial charge in [0.15, 0.2) is 5.78 Å². The predicted octanol–water partition coefficient (Wildman–Crippen LogP) is 2.61. The van der Waals surface area contributed by atoms with Gasteiger partial charge in [0.05, 0.1) is 12.1 Å². The van der Waals surface area contributed by atoms with Gasteiger partial charge in [0.1, 0.15) is 17.5 Å². The number of halogens is 1. The van der Waals surface area contributed by atoms with Gasteiger partial charge in [-0.1, -0.05) is 32.4 Å². The van der Waals surface area contributed by atoms with Gasteiger partial charge in [0, 0.05) is 39.3 Å². The van der Waals surface area contributed by atoms with E-state index in [0.717, 1.165) is 18.4 Å². The van der Waals surface area contributed by atoms with Gasteiger partial charge < -0.3 is 19.7 Å². The summed E-state index contributed by atoms with van der Waals surface area (Å²) in [6.45, 7) is 7.45. The number of methoxy groups -OCH3 is 1. The third-order valence-electron chi connectivity index (χ3n) is 5.51. The van der Waals surface area contributed by atoms with Gasteiger partial charge in [-0.25, -0.2) is 4.99 Å². The zero-order valence-electron chi connectivity index (χ0n) is 19.4. The number of ether oxygens (including phenoxy) is 2. The Morgan fingerprint density at radius 1 is 1.31 bits per heavy atom. The number of carbonyl (C=O) groups excluding carboxylic acids is 3. The van der Waals surface area contributed by atoms with Crippen LogP contribution in [0.3, 0.4) is 0 Å². The number of nitrogens with one attached hydrogen (secondary N) is 1. The number of amides is 2. The average Bonchev–Trinajstić information content (AvgIpc) is 3.13. The number of rotatable bonds is 11. The first-order valence-corrected chi connectivity index (χ1v) is 11.5. The van der Waals surface area contributed by atoms with Crippen LogP contribution in [-0.2, 0) is 23.9 Å². The minimum absolute atomic E-state index is 0.0681. The zero-order chi connectivity index (χ0) is 23.7. The van der Waals surface area contributed by atoms with E-state index < -0.39 is 0 Å². The van der Waals surface area contributed by atoms with Crippen molar-refractivity contribution in [2.24, 2.45) is 10.9 Å². The molecule has 0 spiro atoms. The van der Waals surface area contributed by atoms with Crippen LogP contribution in [-0.4, -0.2) is 73.8 Å². The van der Waals surface area contributed by atoms with Gasteiger partial charge in [-0.3, -0.25) is 14.4 Å². The molecular weight excluding hydrogens is 434 g/mol. The highest BCUT2D eigenvalue weighted by atomic mass is 35.5. The lowest BCUT2D eigenvalue weighted by Gasteiger charge is -2.38. The molecular formula is C23H34ClN3O5. The number of ketones is 1. The molecule has 1 saturated heterocycles. The Labute approximate surface area is 195 Å². The van der Waals surface area contributed by atoms with Gasteiger partial charge >= 0.3 is 0 Å². The third kappa shape index (κ3) is 7.83. The van der Waals surface area contributed by atoms with Crippen LogP contribution < -0.4 is 5.32 Å². The average molecular weight is 468 g/mol. The molecule has 2 atom stereocenters. The molecule has 1 N–H and O–H groups in total. The Bertz CT molecular complexity index is 791. The maximum absolute atomic E-state index is 12.8. The van der Waals surface area contributed by atoms with Crippen molar-refractivity contribution in [3.05, 3.63) is 22.9 Å². The summed E-state index contributed by atoms with van der Waals surface area (Å²) in [6.07, 6.45) is 4.77. The van der Waals surface area contributed by atoms with E-state index in [9.17, 15) is 14.4 Å². The number of aliphatic imine (C=N–C) groups is 1. The zero-order valence-corrected chi connectivity index (χ0v) is 20.1. The van der Waals surface area contributed by atoms with E-state index in [1.54, 1.807) is 4.90 Å². The maximum atomic E-state index is 12.8. The molecule has 0 aromatic rings. The third-order valence-corrected chi connectivity index (χ3v) is 5.86. The first kappa shape index (κ1) is 26.2. The van der Waals surface area contributed by atoms with Crippen LogP contribution in [0.15, 0.2) is 27.9 Å². The minimum atomic E-state index is -0.352. The van der Waals surface area contributed by atoms with E-state index >= 15 is 0 Å². The monoisotopic (exact) mass is 467 g/mol. The molecule has 0 saturated carbocycles. The first-order chi connectivity index (χ1) is 15.2. The largest absolute Gasteiger partial charge is 0.377 e. The molecule has 0 unspecified atom stereocenters. The molecule has 2 amide bonds.